The Morgan fingerprint density at radius 3 is 1.98 bits per heavy atom. The molecular weight excluding hydrogens is 571 g/mol. The highest BCUT2D eigenvalue weighted by Crippen LogP contribution is 2.37. The lowest BCUT2D eigenvalue weighted by atomic mass is 10.0. The van der Waals surface area contributed by atoms with Crippen molar-refractivity contribution in [3.63, 3.8) is 0 Å². The lowest BCUT2D eigenvalue weighted by Gasteiger charge is -2.20. The summed E-state index contributed by atoms with van der Waals surface area (Å²) in [7, 11) is -4.80. The van der Waals surface area contributed by atoms with E-state index < -0.39 is 44.6 Å². The zero-order valence-electron chi connectivity index (χ0n) is 22.6. The molecule has 0 bridgehead atoms. The van der Waals surface area contributed by atoms with Gasteiger partial charge in [0.15, 0.2) is 0 Å². The largest absolute Gasteiger partial charge is 0.489 e. The third kappa shape index (κ3) is 7.68. The maximum Gasteiger partial charge on any atom is 0.417 e. The Morgan fingerprint density at radius 1 is 0.833 bits per heavy atom. The topological polar surface area (TPSA) is 102 Å². The van der Waals surface area contributed by atoms with E-state index in [2.05, 4.69) is 0 Å². The van der Waals surface area contributed by atoms with Crippen LogP contribution in [0, 0.1) is 5.92 Å². The van der Waals surface area contributed by atoms with Gasteiger partial charge in [0.25, 0.3) is 0 Å². The number of hydrogen-bond acceptors (Lipinski definition) is 5. The highest BCUT2D eigenvalue weighted by Gasteiger charge is 2.39. The first-order valence-electron chi connectivity index (χ1n) is 12.8. The standard InChI is InChI=1S/C31H28F3NO6S/c1-20(2)29(30(36)37)35-42(38,39)28-17-12-23(18-27(28)31(32,33)34)22-10-8-21(9-11-22)19-40-24-13-15-26(16-14-24)41-25-6-4-3-5-7-25/h3-18,20,29,35H,19H2,1-2H3,(H,36,37)/t29-/m1/s1. The molecule has 0 aliphatic heterocycles. The zero-order chi connectivity index (χ0) is 30.5. The minimum Gasteiger partial charge on any atom is -0.489 e. The lowest BCUT2D eigenvalue weighted by molar-refractivity contribution is -0.140. The van der Waals surface area contributed by atoms with Crippen molar-refractivity contribution in [3.05, 3.63) is 108 Å². The molecule has 0 radical (unpaired) electrons. The molecule has 0 unspecified atom stereocenters. The number of carbonyl (C=O) groups is 1. The van der Waals surface area contributed by atoms with Gasteiger partial charge in [-0.05, 0) is 71.1 Å². The van der Waals surface area contributed by atoms with Crippen LogP contribution in [0.25, 0.3) is 11.1 Å². The van der Waals surface area contributed by atoms with Crippen LogP contribution in [-0.2, 0) is 27.6 Å². The number of aliphatic carboxylic acids is 1. The third-order valence-corrected chi connectivity index (χ3v) is 7.78. The van der Waals surface area contributed by atoms with E-state index in [0.29, 0.717) is 22.8 Å². The van der Waals surface area contributed by atoms with Gasteiger partial charge in [0, 0.05) is 0 Å². The minimum atomic E-state index is -5.01. The predicted molar refractivity (Wildman–Crippen MR) is 151 cm³/mol. The van der Waals surface area contributed by atoms with Crippen LogP contribution >= 0.6 is 0 Å². The van der Waals surface area contributed by atoms with E-state index in [-0.39, 0.29) is 12.2 Å². The number of carboxylic acid groups (broad SMARTS) is 1. The zero-order valence-corrected chi connectivity index (χ0v) is 23.4. The summed E-state index contributed by atoms with van der Waals surface area (Å²) in [4.78, 5) is 10.4. The number of alkyl halides is 3. The van der Waals surface area contributed by atoms with Gasteiger partial charge >= 0.3 is 12.1 Å². The number of carboxylic acids is 1. The molecule has 0 saturated carbocycles. The van der Waals surface area contributed by atoms with Gasteiger partial charge in [-0.1, -0.05) is 62.4 Å². The fourth-order valence-corrected chi connectivity index (χ4v) is 5.60. The van der Waals surface area contributed by atoms with E-state index >= 15 is 0 Å². The highest BCUT2D eigenvalue weighted by atomic mass is 32.2. The van der Waals surface area contributed by atoms with Crippen molar-refractivity contribution in [1.29, 1.82) is 0 Å². The van der Waals surface area contributed by atoms with Crippen molar-refractivity contribution in [2.24, 2.45) is 5.92 Å². The Labute approximate surface area is 241 Å². The van der Waals surface area contributed by atoms with Gasteiger partial charge in [0.2, 0.25) is 10.0 Å². The molecule has 42 heavy (non-hydrogen) atoms. The molecule has 0 saturated heterocycles. The van der Waals surface area contributed by atoms with Crippen molar-refractivity contribution in [3.8, 4) is 28.4 Å². The Hall–Kier alpha value is -4.35. The van der Waals surface area contributed by atoms with Crippen LogP contribution in [0.2, 0.25) is 0 Å². The Bertz CT molecular complexity index is 1620. The Kier molecular flexibility index (Phi) is 9.23. The van der Waals surface area contributed by atoms with Crippen molar-refractivity contribution in [2.75, 3.05) is 0 Å². The van der Waals surface area contributed by atoms with Gasteiger partial charge < -0.3 is 14.6 Å². The number of ether oxygens (including phenoxy) is 2. The van der Waals surface area contributed by atoms with Crippen LogP contribution in [0.5, 0.6) is 17.2 Å². The average molecular weight is 600 g/mol. The van der Waals surface area contributed by atoms with E-state index in [1.165, 1.54) is 19.9 Å². The number of para-hydroxylation sites is 1. The third-order valence-electron chi connectivity index (χ3n) is 6.28. The van der Waals surface area contributed by atoms with Crippen LogP contribution in [0.15, 0.2) is 102 Å². The first kappa shape index (κ1) is 30.6. The summed E-state index contributed by atoms with van der Waals surface area (Å²) in [5, 5.41) is 9.30. The molecule has 0 fully saturated rings. The van der Waals surface area contributed by atoms with E-state index in [1.54, 1.807) is 48.5 Å². The van der Waals surface area contributed by atoms with Crippen LogP contribution < -0.4 is 14.2 Å². The Morgan fingerprint density at radius 2 is 1.40 bits per heavy atom. The van der Waals surface area contributed by atoms with Gasteiger partial charge in [-0.3, -0.25) is 4.79 Å². The molecule has 4 aromatic rings. The smallest absolute Gasteiger partial charge is 0.417 e. The molecule has 11 heteroatoms. The second-order valence-corrected chi connectivity index (χ2v) is 11.4. The number of sulfonamides is 1. The summed E-state index contributed by atoms with van der Waals surface area (Å²) in [6, 6.07) is 24.2. The Balaban J connectivity index is 1.47. The molecule has 1 atom stereocenters. The van der Waals surface area contributed by atoms with Crippen molar-refractivity contribution in [1.82, 2.24) is 4.72 Å². The molecule has 220 valence electrons. The van der Waals surface area contributed by atoms with E-state index in [9.17, 15) is 31.5 Å². The fraction of sp³-hybridized carbons (Fsp3) is 0.194. The van der Waals surface area contributed by atoms with Gasteiger partial charge in [-0.15, -0.1) is 0 Å². The van der Waals surface area contributed by atoms with Crippen molar-refractivity contribution >= 4 is 16.0 Å². The molecular formula is C31H28F3NO6S. The summed E-state index contributed by atoms with van der Waals surface area (Å²) in [5.74, 6) is -0.229. The normalized spacial score (nSPS) is 12.6. The highest BCUT2D eigenvalue weighted by molar-refractivity contribution is 7.89. The molecule has 0 spiro atoms. The number of halogens is 3. The summed E-state index contributed by atoms with van der Waals surface area (Å²) in [5.41, 5.74) is -0.0701. The first-order chi connectivity index (χ1) is 19.8. The van der Waals surface area contributed by atoms with Crippen LogP contribution in [0.4, 0.5) is 13.2 Å². The maximum atomic E-state index is 14.0. The van der Waals surface area contributed by atoms with Crippen LogP contribution in [-0.4, -0.2) is 25.5 Å². The molecule has 2 N–H and O–H groups in total. The summed E-state index contributed by atoms with van der Waals surface area (Å²) >= 11 is 0. The van der Waals surface area contributed by atoms with Gasteiger partial charge in [-0.25, -0.2) is 8.42 Å². The second-order valence-electron chi connectivity index (χ2n) is 9.76. The summed E-state index contributed by atoms with van der Waals surface area (Å²) < 4.78 is 80.9. The van der Waals surface area contributed by atoms with Gasteiger partial charge in [-0.2, -0.15) is 17.9 Å². The average Bonchev–Trinajstić information content (AvgIpc) is 2.95. The molecule has 0 aliphatic rings. The first-order valence-corrected chi connectivity index (χ1v) is 14.3. The van der Waals surface area contributed by atoms with Gasteiger partial charge in [0.1, 0.15) is 29.9 Å². The molecule has 4 rings (SSSR count). The van der Waals surface area contributed by atoms with Crippen molar-refractivity contribution < 1.29 is 41.0 Å². The number of benzene rings is 4. The number of hydrogen-bond donors (Lipinski definition) is 2. The van der Waals surface area contributed by atoms with Crippen molar-refractivity contribution in [2.45, 2.75) is 37.6 Å². The molecule has 0 aromatic heterocycles. The van der Waals surface area contributed by atoms with Crippen LogP contribution in [0.3, 0.4) is 0 Å². The number of rotatable bonds is 11. The van der Waals surface area contributed by atoms with E-state index in [4.69, 9.17) is 9.47 Å². The lowest BCUT2D eigenvalue weighted by Crippen LogP contribution is -2.44. The predicted octanol–water partition coefficient (Wildman–Crippen LogP) is 7.13. The molecule has 0 aliphatic carbocycles. The fourth-order valence-electron chi connectivity index (χ4n) is 4.06. The minimum absolute atomic E-state index is 0.140. The monoisotopic (exact) mass is 599 g/mol. The summed E-state index contributed by atoms with van der Waals surface area (Å²) in [6.07, 6.45) is -5.01. The second kappa shape index (κ2) is 12.7. The quantitative estimate of drug-likeness (QED) is 0.190. The molecule has 0 heterocycles. The van der Waals surface area contributed by atoms with Crippen LogP contribution in [0.1, 0.15) is 25.0 Å². The van der Waals surface area contributed by atoms with Gasteiger partial charge in [0.05, 0.1) is 10.5 Å². The SMILES string of the molecule is CC(C)[C@@H](NS(=O)(=O)c1ccc(-c2ccc(COc3ccc(Oc4ccccc4)cc3)cc2)cc1C(F)(F)F)C(=O)O. The van der Waals surface area contributed by atoms with E-state index in [0.717, 1.165) is 17.7 Å². The summed E-state index contributed by atoms with van der Waals surface area (Å²) in [6.45, 7) is 3.10. The van der Waals surface area contributed by atoms with E-state index in [1.807, 2.05) is 35.1 Å². The molecule has 0 amide bonds. The maximum absolute atomic E-state index is 14.0. The molecule has 7 nitrogen and oxygen atoms in total. The number of nitrogens with one attached hydrogen (secondary N) is 1. The molecule has 4 aromatic carbocycles.